The van der Waals surface area contributed by atoms with Crippen molar-refractivity contribution >= 4 is 44.4 Å². The number of hydrogen-bond acceptors (Lipinski definition) is 4. The van der Waals surface area contributed by atoms with Gasteiger partial charge in [0, 0.05) is 32.2 Å². The number of hydrogen-bond donors (Lipinski definition) is 0. The van der Waals surface area contributed by atoms with Crippen LogP contribution in [-0.2, 0) is 9.31 Å². The average Bonchev–Trinajstić information content (AvgIpc) is 3.43. The third kappa shape index (κ3) is 17.7. The van der Waals surface area contributed by atoms with Crippen LogP contribution in [0, 0.1) is 23.7 Å². The molecule has 0 bridgehead atoms. The van der Waals surface area contributed by atoms with Gasteiger partial charge in [-0.1, -0.05) is 197 Å². The maximum absolute atomic E-state index is 6.55. The number of unbranched alkanes of at least 4 members (excludes halogenated alkanes) is 18. The van der Waals surface area contributed by atoms with Crippen molar-refractivity contribution in [3.63, 3.8) is 0 Å². The van der Waals surface area contributed by atoms with Crippen molar-refractivity contribution in [2.45, 2.75) is 181 Å². The summed E-state index contributed by atoms with van der Waals surface area (Å²) in [5, 5.41) is 0. The van der Waals surface area contributed by atoms with Crippen LogP contribution in [0.1, 0.15) is 192 Å². The predicted molar refractivity (Wildman–Crippen MR) is 257 cm³/mol. The fraction of sp³-hybridized carbons (Fsp3) is 0.577. The Morgan fingerprint density at radius 2 is 0.847 bits per heavy atom. The summed E-state index contributed by atoms with van der Waals surface area (Å²) in [7, 11) is -0.408. The molecule has 3 aromatic carbocycles. The first kappa shape index (κ1) is 49.0. The summed E-state index contributed by atoms with van der Waals surface area (Å²) >= 11 is 7.23. The molecule has 0 amide bonds. The van der Waals surface area contributed by atoms with E-state index in [1.807, 2.05) is 42.5 Å². The van der Waals surface area contributed by atoms with E-state index < -0.39 is 7.12 Å². The summed E-state index contributed by atoms with van der Waals surface area (Å²) in [6.07, 6.45) is 25.6. The molecule has 0 atom stereocenters. The molecule has 320 valence electrons. The first-order valence-electron chi connectivity index (χ1n) is 22.9. The molecule has 7 heteroatoms. The molecule has 0 radical (unpaired) electrons. The quantitative estimate of drug-likeness (QED) is 0.0482. The minimum atomic E-state index is -0.408. The van der Waals surface area contributed by atoms with Gasteiger partial charge in [0.05, 0.1) is 35.5 Å². The Morgan fingerprint density at radius 3 is 1.25 bits per heavy atom. The SMILES string of the molecule is CCCCCCCCCCCCOc1cc(C#Cc2cc(Br)cc(Br)c2)c(OCCCCCCCCCCCC)cc1C#Cc1ccc(B2OC(C)(C)C(C)(C)O2)cc1. The normalized spacial score (nSPS) is 14.1. The minimum Gasteiger partial charge on any atom is -0.492 e. The lowest BCUT2D eigenvalue weighted by molar-refractivity contribution is 0.00578. The first-order valence-corrected chi connectivity index (χ1v) is 24.5. The van der Waals surface area contributed by atoms with Gasteiger partial charge in [0.25, 0.3) is 0 Å². The van der Waals surface area contributed by atoms with E-state index in [1.165, 1.54) is 103 Å². The van der Waals surface area contributed by atoms with Crippen LogP contribution in [0.5, 0.6) is 11.5 Å². The van der Waals surface area contributed by atoms with E-state index in [0.717, 1.165) is 73.8 Å². The molecule has 0 aromatic heterocycles. The van der Waals surface area contributed by atoms with Crippen LogP contribution in [0.2, 0.25) is 0 Å². The Kier molecular flexibility index (Phi) is 22.1. The average molecular weight is 931 g/mol. The molecule has 0 unspecified atom stereocenters. The van der Waals surface area contributed by atoms with E-state index in [-0.39, 0.29) is 11.2 Å². The monoisotopic (exact) mass is 928 g/mol. The zero-order chi connectivity index (χ0) is 42.4. The van der Waals surface area contributed by atoms with Gasteiger partial charge in [-0.2, -0.15) is 0 Å². The van der Waals surface area contributed by atoms with Crippen LogP contribution < -0.4 is 14.9 Å². The van der Waals surface area contributed by atoms with Gasteiger partial charge >= 0.3 is 7.12 Å². The van der Waals surface area contributed by atoms with Crippen LogP contribution in [0.3, 0.4) is 0 Å². The molecule has 1 aliphatic heterocycles. The smallest absolute Gasteiger partial charge is 0.492 e. The van der Waals surface area contributed by atoms with Crippen LogP contribution in [-0.4, -0.2) is 31.5 Å². The van der Waals surface area contributed by atoms with Crippen molar-refractivity contribution in [3.05, 3.63) is 85.8 Å². The Bertz CT molecular complexity index is 1780. The fourth-order valence-corrected chi connectivity index (χ4v) is 8.44. The summed E-state index contributed by atoms with van der Waals surface area (Å²) in [5.74, 6) is 15.2. The van der Waals surface area contributed by atoms with Crippen LogP contribution >= 0.6 is 31.9 Å². The van der Waals surface area contributed by atoms with Crippen molar-refractivity contribution in [2.75, 3.05) is 13.2 Å². The zero-order valence-corrected chi connectivity index (χ0v) is 40.4. The zero-order valence-electron chi connectivity index (χ0n) is 37.2. The Morgan fingerprint density at radius 1 is 0.475 bits per heavy atom. The van der Waals surface area contributed by atoms with E-state index in [4.69, 9.17) is 18.8 Å². The Hall–Kier alpha value is -2.68. The molecule has 1 aliphatic rings. The topological polar surface area (TPSA) is 36.9 Å². The lowest BCUT2D eigenvalue weighted by Gasteiger charge is -2.32. The Balaban J connectivity index is 1.51. The molecule has 0 spiro atoms. The van der Waals surface area contributed by atoms with Gasteiger partial charge in [0.15, 0.2) is 0 Å². The second-order valence-corrected chi connectivity index (χ2v) is 19.1. The maximum Gasteiger partial charge on any atom is 0.494 e. The Labute approximate surface area is 376 Å². The van der Waals surface area contributed by atoms with E-state index in [2.05, 4.69) is 109 Å². The maximum atomic E-state index is 6.55. The molecule has 0 N–H and O–H groups in total. The molecule has 1 heterocycles. The summed E-state index contributed by atoms with van der Waals surface area (Å²) in [5.41, 5.74) is 3.63. The number of rotatable bonds is 25. The molecule has 4 nitrogen and oxygen atoms in total. The lowest BCUT2D eigenvalue weighted by Crippen LogP contribution is -2.41. The van der Waals surface area contributed by atoms with Crippen LogP contribution in [0.15, 0.2) is 63.5 Å². The second kappa shape index (κ2) is 26.6. The number of halogens is 2. The second-order valence-electron chi connectivity index (χ2n) is 17.3. The fourth-order valence-electron chi connectivity index (χ4n) is 7.15. The van der Waals surface area contributed by atoms with Crippen molar-refractivity contribution in [3.8, 4) is 35.2 Å². The van der Waals surface area contributed by atoms with Crippen molar-refractivity contribution in [1.29, 1.82) is 0 Å². The van der Waals surface area contributed by atoms with Gasteiger partial charge in [-0.15, -0.1) is 0 Å². The van der Waals surface area contributed by atoms with E-state index in [0.29, 0.717) is 13.2 Å². The van der Waals surface area contributed by atoms with E-state index in [1.54, 1.807) is 0 Å². The first-order chi connectivity index (χ1) is 28.5. The van der Waals surface area contributed by atoms with E-state index >= 15 is 0 Å². The molecule has 0 aliphatic carbocycles. The van der Waals surface area contributed by atoms with Gasteiger partial charge in [-0.05, 0) is 76.3 Å². The molecule has 1 fully saturated rings. The largest absolute Gasteiger partial charge is 0.494 e. The van der Waals surface area contributed by atoms with E-state index in [9.17, 15) is 0 Å². The van der Waals surface area contributed by atoms with Crippen LogP contribution in [0.4, 0.5) is 0 Å². The highest BCUT2D eigenvalue weighted by atomic mass is 79.9. The molecule has 4 rings (SSSR count). The molecule has 59 heavy (non-hydrogen) atoms. The summed E-state index contributed by atoms with van der Waals surface area (Å²) < 4.78 is 27.6. The molecule has 0 saturated carbocycles. The highest BCUT2D eigenvalue weighted by Crippen LogP contribution is 2.36. The highest BCUT2D eigenvalue weighted by molar-refractivity contribution is 9.11. The molecule has 1 saturated heterocycles. The van der Waals surface area contributed by atoms with Crippen LogP contribution in [0.25, 0.3) is 0 Å². The van der Waals surface area contributed by atoms with Crippen molar-refractivity contribution in [2.24, 2.45) is 0 Å². The van der Waals surface area contributed by atoms with Gasteiger partial charge in [-0.3, -0.25) is 0 Å². The van der Waals surface area contributed by atoms with Gasteiger partial charge in [0.2, 0.25) is 0 Å². The third-order valence-corrected chi connectivity index (χ3v) is 12.5. The predicted octanol–water partition coefficient (Wildman–Crippen LogP) is 14.9. The van der Waals surface area contributed by atoms with Crippen molar-refractivity contribution in [1.82, 2.24) is 0 Å². The third-order valence-electron chi connectivity index (χ3n) is 11.6. The standard InChI is InChI=1S/C52H71BBr2O4/c1-7-9-11-13-15-17-19-21-23-25-35-56-49-40-45(32-28-43-37-47(54)41-48(55)38-43)50(57-36-26-24-22-20-18-16-14-12-10-8-2)39-44(49)31-27-42-29-33-46(34-30-42)53-58-51(3,4)52(5,6)59-53/h29-30,33-34,37-41H,7-26,35-36H2,1-6H3. The number of ether oxygens (including phenoxy) is 2. The summed E-state index contributed by atoms with van der Waals surface area (Å²) in [6, 6.07) is 18.3. The summed E-state index contributed by atoms with van der Waals surface area (Å²) in [4.78, 5) is 0. The van der Waals surface area contributed by atoms with Gasteiger partial charge < -0.3 is 18.8 Å². The lowest BCUT2D eigenvalue weighted by atomic mass is 9.79. The highest BCUT2D eigenvalue weighted by Gasteiger charge is 2.51. The number of benzene rings is 3. The van der Waals surface area contributed by atoms with Crippen molar-refractivity contribution < 1.29 is 18.8 Å². The molecular weight excluding hydrogens is 859 g/mol. The van der Waals surface area contributed by atoms with Gasteiger partial charge in [-0.25, -0.2) is 0 Å². The van der Waals surface area contributed by atoms with Gasteiger partial charge in [0.1, 0.15) is 11.5 Å². The molecule has 3 aromatic rings. The molecular formula is C52H71BBr2O4. The summed E-state index contributed by atoms with van der Waals surface area (Å²) in [6.45, 7) is 14.1. The minimum absolute atomic E-state index is 0.390.